The van der Waals surface area contributed by atoms with Gasteiger partial charge in [0.2, 0.25) is 0 Å². The Hall–Kier alpha value is 1.72. The van der Waals surface area contributed by atoms with E-state index < -0.39 is 12.7 Å². The predicted octanol–water partition coefficient (Wildman–Crippen LogP) is 2.22. The zero-order valence-corrected chi connectivity index (χ0v) is 6.10. The van der Waals surface area contributed by atoms with Gasteiger partial charge in [0.15, 0.2) is 0 Å². The van der Waals surface area contributed by atoms with Gasteiger partial charge in [-0.1, -0.05) is 0 Å². The Bertz CT molecular complexity index is 10.8. The molecule has 0 saturated heterocycles. The van der Waals surface area contributed by atoms with Crippen molar-refractivity contribution in [2.45, 2.75) is 0 Å². The summed E-state index contributed by atoms with van der Waals surface area (Å²) in [6.45, 7) is 0. The molecule has 0 unspecified atom stereocenters. The average Bonchev–Trinajstić information content (AvgIpc) is 0.811. The van der Waals surface area contributed by atoms with Gasteiger partial charge in [0.05, 0.1) is 0 Å². The molecule has 4 heavy (non-hydrogen) atoms. The predicted molar refractivity (Wildman–Crippen MR) is 20.6 cm³/mol. The topological polar surface area (TPSA) is 0 Å². The van der Waals surface area contributed by atoms with E-state index in [1.807, 2.05) is 0 Å². The fourth-order valence-electron chi connectivity index (χ4n) is 0. The van der Waals surface area contributed by atoms with Gasteiger partial charge < -0.3 is 0 Å². The van der Waals surface area contributed by atoms with Crippen LogP contribution in [0.2, 0.25) is 0 Å². The quantitative estimate of drug-likeness (QED) is 0.584. The fourth-order valence-corrected chi connectivity index (χ4v) is 0. The second-order valence-corrected chi connectivity index (χ2v) is 10.7. The Morgan fingerprint density at radius 3 is 1.50 bits per heavy atom. The van der Waals surface area contributed by atoms with Gasteiger partial charge in [-0.3, -0.25) is 0 Å². The van der Waals surface area contributed by atoms with Gasteiger partial charge in [0.25, 0.3) is 0 Å². The molecule has 0 bridgehead atoms. The van der Waals surface area contributed by atoms with Gasteiger partial charge in [-0.05, 0) is 0 Å². The molecule has 0 aliphatic heterocycles. The summed E-state index contributed by atoms with van der Waals surface area (Å²) in [5.74, 6) is 0. The number of halogens is 3. The van der Waals surface area contributed by atoms with E-state index in [4.69, 9.17) is 19.1 Å². The van der Waals surface area contributed by atoms with Gasteiger partial charge in [-0.25, -0.2) is 0 Å². The Morgan fingerprint density at radius 2 is 1.50 bits per heavy atom. The van der Waals surface area contributed by atoms with Crippen LogP contribution in [0.3, 0.4) is 0 Å². The van der Waals surface area contributed by atoms with Crippen LogP contribution in [0, 0.1) is 0 Å². The molecule has 0 amide bonds. The molecule has 0 aromatic carbocycles. The molecule has 0 aromatic heterocycles. The van der Waals surface area contributed by atoms with Crippen molar-refractivity contribution >= 4 is 32.5 Å². The molecule has 0 aromatic rings. The summed E-state index contributed by atoms with van der Waals surface area (Å²) < 4.78 is 0. The second-order valence-electron chi connectivity index (χ2n) is 0.136. The molecule has 0 atom stereocenters. The Labute approximate surface area is 44.9 Å². The SMILES string of the molecule is [Cl][Pd-]([Cl])[Br]. The first-order valence-corrected chi connectivity index (χ1v) is 7.92. The normalized spacial score (nSPS) is 11.2. The van der Waals surface area contributed by atoms with Crippen molar-refractivity contribution in [3.63, 3.8) is 0 Å². The van der Waals surface area contributed by atoms with Crippen molar-refractivity contribution in [2.24, 2.45) is 0 Å². The Morgan fingerprint density at radius 1 is 1.50 bits per heavy atom. The van der Waals surface area contributed by atoms with E-state index in [2.05, 4.69) is 13.4 Å². The van der Waals surface area contributed by atoms with E-state index in [9.17, 15) is 0 Å². The molecule has 0 nitrogen and oxygen atoms in total. The number of rotatable bonds is 0. The van der Waals surface area contributed by atoms with Gasteiger partial charge in [0, 0.05) is 0 Å². The molecule has 0 rings (SSSR count). The fraction of sp³-hybridized carbons (Fsp3) is 0. The molecule has 0 spiro atoms. The first kappa shape index (κ1) is 5.72. The standard InChI is InChI=1S/BrH.2ClH.Pd/h3*1H;/q;;;+2/p-3. The third-order valence-electron chi connectivity index (χ3n) is 0. The minimum atomic E-state index is -1.23. The van der Waals surface area contributed by atoms with E-state index in [1.165, 1.54) is 0 Å². The Kier molecular flexibility index (Phi) is 4.20. The van der Waals surface area contributed by atoms with E-state index in [1.54, 1.807) is 0 Å². The van der Waals surface area contributed by atoms with Crippen molar-refractivity contribution < 1.29 is 12.7 Å². The van der Waals surface area contributed by atoms with Gasteiger partial charge >= 0.3 is 45.2 Å². The molecular weight excluding hydrogens is 257 g/mol. The summed E-state index contributed by atoms with van der Waals surface area (Å²) in [4.78, 5) is 0. The summed E-state index contributed by atoms with van der Waals surface area (Å²) in [6, 6.07) is 0. The molecule has 0 saturated carbocycles. The molecule has 0 radical (unpaired) electrons. The second kappa shape index (κ2) is 2.93. The molecule has 4 heteroatoms. The number of hydrogen-bond donors (Lipinski definition) is 0. The van der Waals surface area contributed by atoms with E-state index in [0.717, 1.165) is 0 Å². The van der Waals surface area contributed by atoms with Crippen molar-refractivity contribution in [1.82, 2.24) is 0 Å². The van der Waals surface area contributed by atoms with Crippen molar-refractivity contribution in [1.29, 1.82) is 0 Å². The average molecular weight is 257 g/mol. The molecule has 0 heterocycles. The van der Waals surface area contributed by atoms with Crippen LogP contribution in [0.4, 0.5) is 0 Å². The van der Waals surface area contributed by atoms with Gasteiger partial charge in [-0.15, -0.1) is 0 Å². The summed E-state index contributed by atoms with van der Waals surface area (Å²) in [7, 11) is 10.1. The summed E-state index contributed by atoms with van der Waals surface area (Å²) >= 11 is 1.69. The van der Waals surface area contributed by atoms with E-state index >= 15 is 0 Å². The molecule has 0 fully saturated rings. The van der Waals surface area contributed by atoms with Crippen molar-refractivity contribution in [3.05, 3.63) is 0 Å². The van der Waals surface area contributed by atoms with Crippen LogP contribution >= 0.6 is 32.5 Å². The maximum absolute atomic E-state index is 5.07. The van der Waals surface area contributed by atoms with Gasteiger partial charge in [-0.2, -0.15) is 0 Å². The zero-order chi connectivity index (χ0) is 3.58. The van der Waals surface area contributed by atoms with Crippen molar-refractivity contribution in [2.75, 3.05) is 0 Å². The van der Waals surface area contributed by atoms with Crippen LogP contribution in [0.15, 0.2) is 0 Å². The van der Waals surface area contributed by atoms with E-state index in [0.29, 0.717) is 0 Å². The third kappa shape index (κ3) is 9.30. The van der Waals surface area contributed by atoms with Crippen LogP contribution in [-0.4, -0.2) is 0 Å². The molecular formula is BrCl2Pd-. The monoisotopic (exact) mass is 255 g/mol. The maximum atomic E-state index is 5.07. The van der Waals surface area contributed by atoms with E-state index in [-0.39, 0.29) is 0 Å². The first-order chi connectivity index (χ1) is 1.73. The van der Waals surface area contributed by atoms with Crippen molar-refractivity contribution in [3.8, 4) is 0 Å². The summed E-state index contributed by atoms with van der Waals surface area (Å²) in [5, 5.41) is 0. The molecule has 32 valence electrons. The van der Waals surface area contributed by atoms with Crippen LogP contribution in [0.5, 0.6) is 0 Å². The Balaban J connectivity index is 2.32. The molecule has 0 aliphatic carbocycles. The van der Waals surface area contributed by atoms with Crippen LogP contribution in [-0.2, 0) is 12.7 Å². The summed E-state index contributed by atoms with van der Waals surface area (Å²) in [6.07, 6.45) is 0. The minimum absolute atomic E-state index is 1.23. The first-order valence-electron chi connectivity index (χ1n) is 0.359. The van der Waals surface area contributed by atoms with Crippen LogP contribution < -0.4 is 0 Å². The van der Waals surface area contributed by atoms with Crippen LogP contribution in [0.1, 0.15) is 0 Å². The van der Waals surface area contributed by atoms with Crippen LogP contribution in [0.25, 0.3) is 0 Å². The number of hydrogen-bond acceptors (Lipinski definition) is 0. The third-order valence-corrected chi connectivity index (χ3v) is 0. The molecule has 0 N–H and O–H groups in total. The van der Waals surface area contributed by atoms with Gasteiger partial charge in [0.1, 0.15) is 0 Å². The summed E-state index contributed by atoms with van der Waals surface area (Å²) in [5.41, 5.74) is 0. The zero-order valence-electron chi connectivity index (χ0n) is 1.45. The molecule has 0 aliphatic rings.